The van der Waals surface area contributed by atoms with Gasteiger partial charge in [0.15, 0.2) is 0 Å². The zero-order valence-electron chi connectivity index (χ0n) is 12.8. The number of fused-ring (bicyclic) bond motifs is 1. The van der Waals surface area contributed by atoms with Crippen molar-refractivity contribution in [1.29, 1.82) is 0 Å². The predicted octanol–water partition coefficient (Wildman–Crippen LogP) is 4.11. The Hall–Kier alpha value is -3.61. The zero-order valence-corrected chi connectivity index (χ0v) is 12.8. The number of nitrogens with zero attached hydrogens (tertiary/aromatic N) is 4. The number of hydrogen-bond acceptors (Lipinski definition) is 4. The van der Waals surface area contributed by atoms with Crippen molar-refractivity contribution in [3.8, 4) is 22.5 Å². The van der Waals surface area contributed by atoms with Crippen LogP contribution in [0.25, 0.3) is 28.3 Å². The van der Waals surface area contributed by atoms with Gasteiger partial charge in [-0.1, -0.05) is 0 Å². The van der Waals surface area contributed by atoms with E-state index in [0.29, 0.717) is 11.5 Å². The van der Waals surface area contributed by atoms with Gasteiger partial charge in [0.2, 0.25) is 5.78 Å². The van der Waals surface area contributed by atoms with Gasteiger partial charge in [-0.15, -0.1) is 0 Å². The highest BCUT2D eigenvalue weighted by Crippen LogP contribution is 2.33. The fraction of sp³-hybridized carbons (Fsp3) is 0. The van der Waals surface area contributed by atoms with Crippen molar-refractivity contribution >= 4 is 11.5 Å². The first kappa shape index (κ1) is 14.9. The third-order valence-corrected chi connectivity index (χ3v) is 3.87. The highest BCUT2D eigenvalue weighted by atomic mass is 19.1. The van der Waals surface area contributed by atoms with Crippen LogP contribution in [0.2, 0.25) is 0 Å². The molecule has 0 unspecified atom stereocenters. The zero-order chi connectivity index (χ0) is 17.4. The largest absolute Gasteiger partial charge is 0.283 e. The van der Waals surface area contributed by atoms with Crippen LogP contribution < -0.4 is 0 Å². The summed E-state index contributed by atoms with van der Waals surface area (Å²) in [5.41, 5.74) is 2.88. The lowest BCUT2D eigenvalue weighted by molar-refractivity contribution is -0.384. The molecule has 7 heteroatoms. The molecule has 6 nitrogen and oxygen atoms in total. The first-order valence-electron chi connectivity index (χ1n) is 7.47. The summed E-state index contributed by atoms with van der Waals surface area (Å²) >= 11 is 0. The normalized spacial score (nSPS) is 10.9. The summed E-state index contributed by atoms with van der Waals surface area (Å²) in [6, 6.07) is 14.0. The maximum atomic E-state index is 13.2. The molecule has 0 fully saturated rings. The minimum Gasteiger partial charge on any atom is -0.283 e. The molecule has 0 saturated heterocycles. The molecule has 0 saturated carbocycles. The van der Waals surface area contributed by atoms with Gasteiger partial charge in [-0.3, -0.25) is 14.5 Å². The van der Waals surface area contributed by atoms with Crippen LogP contribution in [-0.4, -0.2) is 19.3 Å². The molecule has 2 aromatic heterocycles. The van der Waals surface area contributed by atoms with Crippen molar-refractivity contribution in [2.45, 2.75) is 0 Å². The van der Waals surface area contributed by atoms with Crippen molar-refractivity contribution in [2.24, 2.45) is 0 Å². The minimum absolute atomic E-state index is 0.0130. The highest BCUT2D eigenvalue weighted by Gasteiger charge is 2.17. The van der Waals surface area contributed by atoms with E-state index in [1.54, 1.807) is 40.9 Å². The number of halogens is 1. The molecule has 0 aliphatic carbocycles. The standard InChI is InChI=1S/C18H11FN4O2/c19-14-6-2-12(3-7-14)16-17(22-11-1-10-20-18(22)21-16)13-4-8-15(9-5-13)23(24)25/h1-11H. The third kappa shape index (κ3) is 2.61. The molecule has 4 rings (SSSR count). The summed E-state index contributed by atoms with van der Waals surface area (Å²) in [6.07, 6.45) is 3.45. The smallest absolute Gasteiger partial charge is 0.269 e. The van der Waals surface area contributed by atoms with Gasteiger partial charge in [0.05, 0.1) is 16.3 Å². The van der Waals surface area contributed by atoms with Gasteiger partial charge >= 0.3 is 0 Å². The number of rotatable bonds is 3. The number of benzene rings is 2. The average Bonchev–Trinajstić information content (AvgIpc) is 3.02. The Morgan fingerprint density at radius 1 is 1.00 bits per heavy atom. The SMILES string of the molecule is O=[N+]([O-])c1ccc(-c2c(-c3ccc(F)cc3)nc3ncccn23)cc1. The van der Waals surface area contributed by atoms with E-state index in [1.807, 2.05) is 6.20 Å². The molecule has 0 atom stereocenters. The van der Waals surface area contributed by atoms with Gasteiger partial charge in [-0.2, -0.15) is 0 Å². The van der Waals surface area contributed by atoms with Crippen LogP contribution in [0.4, 0.5) is 10.1 Å². The summed E-state index contributed by atoms with van der Waals surface area (Å²) in [7, 11) is 0. The Morgan fingerprint density at radius 2 is 1.68 bits per heavy atom. The van der Waals surface area contributed by atoms with Crippen molar-refractivity contribution in [3.05, 3.63) is 82.9 Å². The van der Waals surface area contributed by atoms with Crippen molar-refractivity contribution < 1.29 is 9.31 Å². The molecule has 0 aliphatic rings. The summed E-state index contributed by atoms with van der Waals surface area (Å²) in [5, 5.41) is 10.9. The van der Waals surface area contributed by atoms with Crippen LogP contribution >= 0.6 is 0 Å². The van der Waals surface area contributed by atoms with Crippen LogP contribution in [0.3, 0.4) is 0 Å². The van der Waals surface area contributed by atoms with Gasteiger partial charge < -0.3 is 0 Å². The summed E-state index contributed by atoms with van der Waals surface area (Å²) < 4.78 is 15.1. The van der Waals surface area contributed by atoms with Crippen LogP contribution in [0.5, 0.6) is 0 Å². The lowest BCUT2D eigenvalue weighted by Gasteiger charge is -2.05. The Bertz CT molecular complexity index is 1070. The molecule has 2 heterocycles. The monoisotopic (exact) mass is 334 g/mol. The third-order valence-electron chi connectivity index (χ3n) is 3.87. The van der Waals surface area contributed by atoms with E-state index >= 15 is 0 Å². The summed E-state index contributed by atoms with van der Waals surface area (Å²) in [6.45, 7) is 0. The molecule has 0 radical (unpaired) electrons. The first-order chi connectivity index (χ1) is 12.1. The van der Waals surface area contributed by atoms with E-state index in [4.69, 9.17) is 0 Å². The molecule has 2 aromatic carbocycles. The Kier molecular flexibility index (Phi) is 3.46. The van der Waals surface area contributed by atoms with Gasteiger partial charge in [0.25, 0.3) is 5.69 Å². The van der Waals surface area contributed by atoms with Crippen molar-refractivity contribution in [3.63, 3.8) is 0 Å². The number of nitro benzene ring substituents is 1. The van der Waals surface area contributed by atoms with Crippen LogP contribution in [0.1, 0.15) is 0 Å². The fourth-order valence-electron chi connectivity index (χ4n) is 2.71. The maximum absolute atomic E-state index is 13.2. The first-order valence-corrected chi connectivity index (χ1v) is 7.47. The Labute approximate surface area is 141 Å². The van der Waals surface area contributed by atoms with E-state index in [9.17, 15) is 14.5 Å². The molecule has 0 amide bonds. The second kappa shape index (κ2) is 5.79. The molecule has 0 spiro atoms. The average molecular weight is 334 g/mol. The van der Waals surface area contributed by atoms with Gasteiger partial charge in [0, 0.05) is 35.7 Å². The van der Waals surface area contributed by atoms with Gasteiger partial charge in [0.1, 0.15) is 5.82 Å². The highest BCUT2D eigenvalue weighted by molar-refractivity contribution is 5.81. The number of non-ortho nitro benzene ring substituents is 1. The van der Waals surface area contributed by atoms with E-state index in [2.05, 4.69) is 9.97 Å². The molecular weight excluding hydrogens is 323 g/mol. The molecule has 25 heavy (non-hydrogen) atoms. The fourth-order valence-corrected chi connectivity index (χ4v) is 2.71. The summed E-state index contributed by atoms with van der Waals surface area (Å²) in [5.74, 6) is 0.165. The topological polar surface area (TPSA) is 73.3 Å². The van der Waals surface area contributed by atoms with E-state index in [-0.39, 0.29) is 11.5 Å². The predicted molar refractivity (Wildman–Crippen MR) is 90.5 cm³/mol. The molecule has 0 N–H and O–H groups in total. The summed E-state index contributed by atoms with van der Waals surface area (Å²) in [4.78, 5) is 19.2. The Balaban J connectivity index is 1.96. The molecule has 4 aromatic rings. The molecule has 0 bridgehead atoms. The van der Waals surface area contributed by atoms with Crippen LogP contribution in [-0.2, 0) is 0 Å². The molecular formula is C18H11FN4O2. The van der Waals surface area contributed by atoms with Crippen LogP contribution in [0, 0.1) is 15.9 Å². The second-order valence-corrected chi connectivity index (χ2v) is 5.41. The number of aromatic nitrogens is 3. The lowest BCUT2D eigenvalue weighted by atomic mass is 10.0. The van der Waals surface area contributed by atoms with Gasteiger partial charge in [-0.25, -0.2) is 14.4 Å². The van der Waals surface area contributed by atoms with Crippen molar-refractivity contribution in [2.75, 3.05) is 0 Å². The van der Waals surface area contributed by atoms with Crippen LogP contribution in [0.15, 0.2) is 67.0 Å². The quantitative estimate of drug-likeness (QED) is 0.417. The van der Waals surface area contributed by atoms with Crippen molar-refractivity contribution in [1.82, 2.24) is 14.4 Å². The second-order valence-electron chi connectivity index (χ2n) is 5.41. The lowest BCUT2D eigenvalue weighted by Crippen LogP contribution is -1.92. The Morgan fingerprint density at radius 3 is 2.36 bits per heavy atom. The van der Waals surface area contributed by atoms with E-state index < -0.39 is 4.92 Å². The van der Waals surface area contributed by atoms with E-state index in [1.165, 1.54) is 24.3 Å². The molecule has 0 aliphatic heterocycles. The maximum Gasteiger partial charge on any atom is 0.269 e. The minimum atomic E-state index is -0.444. The number of imidazole rings is 1. The number of nitro groups is 1. The van der Waals surface area contributed by atoms with Gasteiger partial charge in [-0.05, 0) is 42.5 Å². The molecule has 122 valence electrons. The van der Waals surface area contributed by atoms with E-state index in [0.717, 1.165) is 16.8 Å². The number of hydrogen-bond donors (Lipinski definition) is 0.